The largest absolute Gasteiger partial charge is 0.478 e. The van der Waals surface area contributed by atoms with Gasteiger partial charge in [-0.05, 0) is 13.8 Å². The Labute approximate surface area is 80.7 Å². The van der Waals surface area contributed by atoms with E-state index in [-0.39, 0.29) is 12.9 Å². The molecule has 0 aromatic heterocycles. The Morgan fingerprint density at radius 1 is 1.36 bits per heavy atom. The summed E-state index contributed by atoms with van der Waals surface area (Å²) in [5.41, 5.74) is 0. The number of ether oxygens (including phenoxy) is 2. The van der Waals surface area contributed by atoms with Gasteiger partial charge in [0.1, 0.15) is 0 Å². The number of aliphatic carboxylic acids is 2. The molecule has 0 atom stereocenters. The highest BCUT2D eigenvalue weighted by Crippen LogP contribution is 1.99. The molecule has 0 aromatic rings. The Morgan fingerprint density at radius 2 is 1.93 bits per heavy atom. The summed E-state index contributed by atoms with van der Waals surface area (Å²) in [5, 5.41) is 16.8. The van der Waals surface area contributed by atoms with Gasteiger partial charge < -0.3 is 19.7 Å². The van der Waals surface area contributed by atoms with Crippen LogP contribution in [0.15, 0.2) is 11.8 Å². The number of hydrogen-bond acceptors (Lipinski definition) is 4. The van der Waals surface area contributed by atoms with Crippen LogP contribution in [0, 0.1) is 0 Å². The smallest absolute Gasteiger partial charge is 0.371 e. The third-order valence-corrected chi connectivity index (χ3v) is 1.08. The van der Waals surface area contributed by atoms with Crippen molar-refractivity contribution in [2.45, 2.75) is 20.0 Å². The van der Waals surface area contributed by atoms with Gasteiger partial charge in [-0.3, -0.25) is 0 Å². The zero-order valence-corrected chi connectivity index (χ0v) is 7.89. The standard InChI is InChI=1S/C8H12O6/c1-5(2)13-4-14-6(8(11)12)3-7(9)10/h3,5H,4H2,1-2H3,(H,9,10)(H,11,12)/b6-3+. The molecular weight excluding hydrogens is 192 g/mol. The lowest BCUT2D eigenvalue weighted by Gasteiger charge is -2.08. The SMILES string of the molecule is CC(C)OCO/C(=C/C(=O)O)C(=O)O. The lowest BCUT2D eigenvalue weighted by Crippen LogP contribution is -2.12. The average Bonchev–Trinajstić information content (AvgIpc) is 2.00. The third kappa shape index (κ3) is 6.01. The summed E-state index contributed by atoms with van der Waals surface area (Å²) in [5.74, 6) is -3.48. The number of hydrogen-bond donors (Lipinski definition) is 2. The molecule has 0 aliphatic carbocycles. The lowest BCUT2D eigenvalue weighted by atomic mass is 10.4. The molecule has 0 fully saturated rings. The van der Waals surface area contributed by atoms with Crippen LogP contribution in [0.4, 0.5) is 0 Å². The molecule has 0 unspecified atom stereocenters. The van der Waals surface area contributed by atoms with Crippen LogP contribution in [0.3, 0.4) is 0 Å². The number of rotatable bonds is 6. The molecule has 0 heterocycles. The van der Waals surface area contributed by atoms with E-state index in [9.17, 15) is 9.59 Å². The van der Waals surface area contributed by atoms with E-state index in [4.69, 9.17) is 14.9 Å². The molecule has 0 aromatic carbocycles. The van der Waals surface area contributed by atoms with Gasteiger partial charge in [-0.25, -0.2) is 9.59 Å². The maximum Gasteiger partial charge on any atom is 0.371 e. The van der Waals surface area contributed by atoms with Gasteiger partial charge in [0.05, 0.1) is 12.2 Å². The molecule has 14 heavy (non-hydrogen) atoms. The quantitative estimate of drug-likeness (QED) is 0.370. The van der Waals surface area contributed by atoms with E-state index in [1.54, 1.807) is 13.8 Å². The molecule has 2 N–H and O–H groups in total. The summed E-state index contributed by atoms with van der Waals surface area (Å²) in [6.45, 7) is 3.19. The van der Waals surface area contributed by atoms with E-state index in [0.717, 1.165) is 0 Å². The van der Waals surface area contributed by atoms with E-state index < -0.39 is 17.7 Å². The first-order valence-electron chi connectivity index (χ1n) is 3.85. The first-order chi connectivity index (χ1) is 6.43. The minimum absolute atomic E-state index is 0.116. The van der Waals surface area contributed by atoms with E-state index in [1.807, 2.05) is 0 Å². The van der Waals surface area contributed by atoms with Crippen LogP contribution in [-0.4, -0.2) is 35.0 Å². The van der Waals surface area contributed by atoms with Gasteiger partial charge in [0.15, 0.2) is 6.79 Å². The maximum absolute atomic E-state index is 10.4. The van der Waals surface area contributed by atoms with E-state index in [0.29, 0.717) is 6.08 Å². The number of carboxylic acids is 2. The fourth-order valence-electron chi connectivity index (χ4n) is 0.511. The van der Waals surface area contributed by atoms with Crippen LogP contribution in [-0.2, 0) is 19.1 Å². The van der Waals surface area contributed by atoms with Crippen molar-refractivity contribution in [2.75, 3.05) is 6.79 Å². The van der Waals surface area contributed by atoms with Crippen LogP contribution in [0.1, 0.15) is 13.8 Å². The van der Waals surface area contributed by atoms with Gasteiger partial charge in [0.25, 0.3) is 0 Å². The fraction of sp³-hybridized carbons (Fsp3) is 0.500. The second-order valence-electron chi connectivity index (χ2n) is 2.63. The highest BCUT2D eigenvalue weighted by molar-refractivity contribution is 5.92. The predicted octanol–water partition coefficient (Wildman–Crippen LogP) is 0.439. The van der Waals surface area contributed by atoms with Crippen molar-refractivity contribution < 1.29 is 29.3 Å². The highest BCUT2D eigenvalue weighted by Gasteiger charge is 2.11. The topological polar surface area (TPSA) is 93.1 Å². The van der Waals surface area contributed by atoms with Crippen molar-refractivity contribution in [3.8, 4) is 0 Å². The zero-order valence-electron chi connectivity index (χ0n) is 7.89. The summed E-state index contributed by atoms with van der Waals surface area (Å²) in [6, 6.07) is 0. The van der Waals surface area contributed by atoms with Crippen LogP contribution >= 0.6 is 0 Å². The van der Waals surface area contributed by atoms with Crippen molar-refractivity contribution in [2.24, 2.45) is 0 Å². The molecule has 6 nitrogen and oxygen atoms in total. The predicted molar refractivity (Wildman–Crippen MR) is 45.5 cm³/mol. The first kappa shape index (κ1) is 12.4. The third-order valence-electron chi connectivity index (χ3n) is 1.08. The Hall–Kier alpha value is -1.56. The summed E-state index contributed by atoms with van der Waals surface area (Å²) >= 11 is 0. The van der Waals surface area contributed by atoms with Crippen molar-refractivity contribution in [1.82, 2.24) is 0 Å². The Morgan fingerprint density at radius 3 is 2.29 bits per heavy atom. The van der Waals surface area contributed by atoms with E-state index in [2.05, 4.69) is 4.74 Å². The Bertz CT molecular complexity index is 242. The molecule has 0 amide bonds. The molecule has 0 rings (SSSR count). The monoisotopic (exact) mass is 204 g/mol. The summed E-state index contributed by atoms with van der Waals surface area (Å²) in [6.07, 6.45) is 0.348. The maximum atomic E-state index is 10.4. The van der Waals surface area contributed by atoms with Crippen LogP contribution in [0.2, 0.25) is 0 Å². The van der Waals surface area contributed by atoms with Crippen molar-refractivity contribution in [3.05, 3.63) is 11.8 Å². The molecule has 0 radical (unpaired) electrons. The van der Waals surface area contributed by atoms with Crippen LogP contribution in [0.25, 0.3) is 0 Å². The first-order valence-corrected chi connectivity index (χ1v) is 3.85. The van der Waals surface area contributed by atoms with Gasteiger partial charge in [-0.1, -0.05) is 0 Å². The number of carbonyl (C=O) groups is 2. The molecule has 80 valence electrons. The second kappa shape index (κ2) is 5.98. The van der Waals surface area contributed by atoms with E-state index >= 15 is 0 Å². The Kier molecular flexibility index (Phi) is 5.31. The molecule has 0 saturated heterocycles. The second-order valence-corrected chi connectivity index (χ2v) is 2.63. The highest BCUT2D eigenvalue weighted by atomic mass is 16.7. The fourth-order valence-corrected chi connectivity index (χ4v) is 0.511. The molecule has 6 heteroatoms. The van der Waals surface area contributed by atoms with Gasteiger partial charge in [0.2, 0.25) is 5.76 Å². The van der Waals surface area contributed by atoms with Crippen LogP contribution in [0.5, 0.6) is 0 Å². The van der Waals surface area contributed by atoms with Gasteiger partial charge in [-0.15, -0.1) is 0 Å². The van der Waals surface area contributed by atoms with E-state index in [1.165, 1.54) is 0 Å². The van der Waals surface area contributed by atoms with Crippen molar-refractivity contribution >= 4 is 11.9 Å². The van der Waals surface area contributed by atoms with Gasteiger partial charge in [-0.2, -0.15) is 0 Å². The Balaban J connectivity index is 4.12. The minimum atomic E-state index is -1.44. The van der Waals surface area contributed by atoms with Gasteiger partial charge in [0, 0.05) is 0 Å². The molecule has 0 aliphatic heterocycles. The number of carboxylic acid groups (broad SMARTS) is 2. The van der Waals surface area contributed by atoms with Gasteiger partial charge >= 0.3 is 11.9 Å². The normalized spacial score (nSPS) is 11.5. The average molecular weight is 204 g/mol. The lowest BCUT2D eigenvalue weighted by molar-refractivity contribution is -0.142. The summed E-state index contributed by atoms with van der Waals surface area (Å²) in [4.78, 5) is 20.5. The van der Waals surface area contributed by atoms with Crippen molar-refractivity contribution in [3.63, 3.8) is 0 Å². The molecular formula is C8H12O6. The minimum Gasteiger partial charge on any atom is -0.478 e. The molecule has 0 spiro atoms. The van der Waals surface area contributed by atoms with Crippen molar-refractivity contribution in [1.29, 1.82) is 0 Å². The summed E-state index contributed by atoms with van der Waals surface area (Å²) < 4.78 is 9.47. The zero-order chi connectivity index (χ0) is 11.1. The van der Waals surface area contributed by atoms with Crippen LogP contribution < -0.4 is 0 Å². The molecule has 0 aliphatic rings. The molecule has 0 bridgehead atoms. The summed E-state index contributed by atoms with van der Waals surface area (Å²) in [7, 11) is 0. The molecule has 0 saturated carbocycles.